The average Bonchev–Trinajstić information content (AvgIpc) is 3.16. The summed E-state index contributed by atoms with van der Waals surface area (Å²) in [5.41, 5.74) is 10.7. The second-order valence-corrected chi connectivity index (χ2v) is 8.07. The van der Waals surface area contributed by atoms with Gasteiger partial charge in [-0.1, -0.05) is 45.5 Å². The summed E-state index contributed by atoms with van der Waals surface area (Å²) in [4.78, 5) is 43.3. The summed E-state index contributed by atoms with van der Waals surface area (Å²) in [6.45, 7) is 11.3. The van der Waals surface area contributed by atoms with Crippen LogP contribution in [0.4, 0.5) is 10.5 Å². The minimum Gasteiger partial charge on any atom is -0.380 e. The van der Waals surface area contributed by atoms with Crippen molar-refractivity contribution < 1.29 is 19.2 Å². The molecule has 9 heteroatoms. The quantitative estimate of drug-likeness (QED) is 0.466. The maximum atomic E-state index is 12.6. The normalized spacial score (nSPS) is 16.5. The van der Waals surface area contributed by atoms with Crippen molar-refractivity contribution in [1.29, 1.82) is 0 Å². The van der Waals surface area contributed by atoms with Crippen molar-refractivity contribution in [3.63, 3.8) is 0 Å². The predicted molar refractivity (Wildman–Crippen MR) is 119 cm³/mol. The van der Waals surface area contributed by atoms with Gasteiger partial charge in [0.15, 0.2) is 0 Å². The van der Waals surface area contributed by atoms with Crippen molar-refractivity contribution in [2.24, 2.45) is 11.7 Å². The number of nitrogens with one attached hydrogen (secondary N) is 3. The van der Waals surface area contributed by atoms with Crippen LogP contribution in [0.15, 0.2) is 36.5 Å². The molecule has 0 saturated carbocycles. The first-order valence-corrected chi connectivity index (χ1v) is 10.5. The molecule has 0 radical (unpaired) electrons. The van der Waals surface area contributed by atoms with Gasteiger partial charge >= 0.3 is 6.09 Å². The van der Waals surface area contributed by atoms with E-state index in [1.54, 1.807) is 0 Å². The molecule has 3 amide bonds. The third-order valence-corrected chi connectivity index (χ3v) is 5.27. The molecule has 0 aliphatic carbocycles. The van der Waals surface area contributed by atoms with Crippen LogP contribution in [-0.4, -0.2) is 47.5 Å². The van der Waals surface area contributed by atoms with Crippen LogP contribution in [0.5, 0.6) is 0 Å². The number of para-hydroxylation sites is 1. The summed E-state index contributed by atoms with van der Waals surface area (Å²) in [6, 6.07) is 6.31. The maximum absolute atomic E-state index is 12.6. The van der Waals surface area contributed by atoms with E-state index < -0.39 is 30.0 Å². The van der Waals surface area contributed by atoms with Gasteiger partial charge in [-0.25, -0.2) is 4.79 Å². The number of hydrogen-bond donors (Lipinski definition) is 4. The monoisotopic (exact) mass is 431 g/mol. The molecule has 1 aliphatic rings. The molecule has 31 heavy (non-hydrogen) atoms. The number of nitrogens with zero attached hydrogens (tertiary/aromatic N) is 1. The van der Waals surface area contributed by atoms with E-state index in [4.69, 9.17) is 10.6 Å². The van der Waals surface area contributed by atoms with E-state index in [0.717, 1.165) is 12.1 Å². The molecule has 3 atom stereocenters. The van der Waals surface area contributed by atoms with Crippen molar-refractivity contribution in [1.82, 2.24) is 15.7 Å². The zero-order valence-electron chi connectivity index (χ0n) is 18.6. The lowest BCUT2D eigenvalue weighted by Gasteiger charge is -2.26. The van der Waals surface area contributed by atoms with Crippen molar-refractivity contribution in [2.75, 3.05) is 11.9 Å². The number of hydrogen-bond acceptors (Lipinski definition) is 6. The van der Waals surface area contributed by atoms with Crippen LogP contribution in [0.2, 0.25) is 0 Å². The lowest BCUT2D eigenvalue weighted by Crippen LogP contribution is -2.52. The second kappa shape index (κ2) is 10.8. The third kappa shape index (κ3) is 6.45. The zero-order chi connectivity index (χ0) is 23.1. The topological polar surface area (TPSA) is 126 Å². The van der Waals surface area contributed by atoms with Gasteiger partial charge in [0.25, 0.3) is 5.91 Å². The molecule has 0 bridgehead atoms. The van der Waals surface area contributed by atoms with Gasteiger partial charge in [0.1, 0.15) is 6.04 Å². The number of allylic oxidation sites excluding steroid dienone is 1. The number of carbonyl (C=O) groups excluding carboxylic acids is 3. The molecule has 5 N–H and O–H groups in total. The molecular formula is C22H33N5O4. The molecule has 9 nitrogen and oxygen atoms in total. The minimum atomic E-state index is -0.918. The molecule has 1 heterocycles. The Hall–Kier alpha value is -3.07. The standard InChI is InChI=1S/C22H33N5O4/c1-6-14(4)27(12-17-11-16-9-7-8-10-18(16)25-17)22(30)31-26-20(28)15(5)24-21(29)19(23)13(2)3/h7-10,13,15,17,19,25H,4,6,11-12,23H2,1-3,5H3,(H,24,29)(H,26,28)/t15?,17-,19?/m0/s1. The Kier molecular flexibility index (Phi) is 8.44. The van der Waals surface area contributed by atoms with Gasteiger partial charge in [-0.3, -0.25) is 14.5 Å². The Bertz CT molecular complexity index is 801. The molecule has 170 valence electrons. The molecule has 2 rings (SSSR count). The molecular weight excluding hydrogens is 398 g/mol. The van der Waals surface area contributed by atoms with Crippen molar-refractivity contribution in [3.05, 3.63) is 42.1 Å². The van der Waals surface area contributed by atoms with E-state index in [2.05, 4.69) is 22.7 Å². The SMILES string of the molecule is C=C(CC)N(C[C@@H]1Cc2ccccc2N1)C(=O)ONC(=O)C(C)NC(=O)C(N)C(C)C. The fraction of sp³-hybridized carbons (Fsp3) is 0.500. The molecule has 0 saturated heterocycles. The van der Waals surface area contributed by atoms with E-state index in [1.807, 2.05) is 45.0 Å². The second-order valence-electron chi connectivity index (χ2n) is 8.07. The number of hydroxylamine groups is 1. The highest BCUT2D eigenvalue weighted by Crippen LogP contribution is 2.26. The van der Waals surface area contributed by atoms with Gasteiger partial charge in [-0.2, -0.15) is 5.48 Å². The average molecular weight is 432 g/mol. The Morgan fingerprint density at radius 1 is 1.26 bits per heavy atom. The molecule has 1 aromatic rings. The number of fused-ring (bicyclic) bond motifs is 1. The number of benzene rings is 1. The molecule has 1 aliphatic heterocycles. The van der Waals surface area contributed by atoms with E-state index in [1.165, 1.54) is 17.4 Å². The fourth-order valence-corrected chi connectivity index (χ4v) is 3.15. The first-order valence-electron chi connectivity index (χ1n) is 10.5. The fourth-order valence-electron chi connectivity index (χ4n) is 3.15. The highest BCUT2D eigenvalue weighted by molar-refractivity contribution is 5.89. The number of anilines is 1. The van der Waals surface area contributed by atoms with Crippen LogP contribution in [0.3, 0.4) is 0 Å². The van der Waals surface area contributed by atoms with Crippen molar-refractivity contribution in [3.8, 4) is 0 Å². The van der Waals surface area contributed by atoms with Crippen LogP contribution >= 0.6 is 0 Å². The molecule has 0 aromatic heterocycles. The molecule has 0 spiro atoms. The Morgan fingerprint density at radius 2 is 1.94 bits per heavy atom. The summed E-state index contributed by atoms with van der Waals surface area (Å²) < 4.78 is 0. The van der Waals surface area contributed by atoms with Gasteiger partial charge in [-0.05, 0) is 37.3 Å². The van der Waals surface area contributed by atoms with Gasteiger partial charge in [0, 0.05) is 24.0 Å². The summed E-state index contributed by atoms with van der Waals surface area (Å²) in [6.07, 6.45) is 0.570. The van der Waals surface area contributed by atoms with Crippen LogP contribution in [0, 0.1) is 5.92 Å². The van der Waals surface area contributed by atoms with Crippen molar-refractivity contribution >= 4 is 23.6 Å². The first kappa shape index (κ1) is 24.2. The smallest absolute Gasteiger partial charge is 0.380 e. The van der Waals surface area contributed by atoms with Crippen LogP contribution in [-0.2, 0) is 20.8 Å². The van der Waals surface area contributed by atoms with Gasteiger partial charge in [-0.15, -0.1) is 0 Å². The number of rotatable bonds is 8. The van der Waals surface area contributed by atoms with Crippen LogP contribution in [0.25, 0.3) is 0 Å². The first-order chi connectivity index (χ1) is 14.6. The van der Waals surface area contributed by atoms with Gasteiger partial charge in [0.05, 0.1) is 6.04 Å². The molecule has 0 fully saturated rings. The molecule has 2 unspecified atom stereocenters. The Morgan fingerprint density at radius 3 is 2.55 bits per heavy atom. The van der Waals surface area contributed by atoms with E-state index in [-0.39, 0.29) is 12.0 Å². The Balaban J connectivity index is 1.90. The summed E-state index contributed by atoms with van der Waals surface area (Å²) in [7, 11) is 0. The van der Waals surface area contributed by atoms with Crippen LogP contribution < -0.4 is 21.8 Å². The predicted octanol–water partition coefficient (Wildman–Crippen LogP) is 1.90. The largest absolute Gasteiger partial charge is 0.438 e. The highest BCUT2D eigenvalue weighted by Gasteiger charge is 2.28. The van der Waals surface area contributed by atoms with Crippen LogP contribution in [0.1, 0.15) is 39.7 Å². The zero-order valence-corrected chi connectivity index (χ0v) is 18.6. The molecule has 1 aromatic carbocycles. The highest BCUT2D eigenvalue weighted by atomic mass is 16.7. The summed E-state index contributed by atoms with van der Waals surface area (Å²) >= 11 is 0. The minimum absolute atomic E-state index is 0.000292. The van der Waals surface area contributed by atoms with E-state index in [0.29, 0.717) is 18.7 Å². The third-order valence-electron chi connectivity index (χ3n) is 5.27. The van der Waals surface area contributed by atoms with E-state index in [9.17, 15) is 14.4 Å². The number of carbonyl (C=O) groups is 3. The van der Waals surface area contributed by atoms with Gasteiger partial charge < -0.3 is 21.2 Å². The maximum Gasteiger partial charge on any atom is 0.438 e. The van der Waals surface area contributed by atoms with Crippen molar-refractivity contribution in [2.45, 2.75) is 58.7 Å². The van der Waals surface area contributed by atoms with E-state index >= 15 is 0 Å². The number of amides is 3. The van der Waals surface area contributed by atoms with Gasteiger partial charge in [0.2, 0.25) is 5.91 Å². The summed E-state index contributed by atoms with van der Waals surface area (Å²) in [5.74, 6) is -1.18. The summed E-state index contributed by atoms with van der Waals surface area (Å²) in [5, 5.41) is 5.89. The Labute approximate surface area is 183 Å². The lowest BCUT2D eigenvalue weighted by molar-refractivity contribution is -0.135. The number of nitrogens with two attached hydrogens (primary N) is 1. The lowest BCUT2D eigenvalue weighted by atomic mass is 10.0.